The fourth-order valence-corrected chi connectivity index (χ4v) is 6.60. The van der Waals surface area contributed by atoms with E-state index in [-0.39, 0.29) is 5.41 Å². The molecule has 0 fully saturated rings. The molecule has 0 aliphatic carbocycles. The molecule has 0 atom stereocenters. The van der Waals surface area contributed by atoms with Crippen molar-refractivity contribution in [2.45, 2.75) is 65.5 Å². The minimum Gasteiger partial charge on any atom is -0.298 e. The highest BCUT2D eigenvalue weighted by atomic mass is 28.3. The molecule has 3 heteroatoms. The van der Waals surface area contributed by atoms with Crippen LogP contribution in [0, 0.1) is 0 Å². The Hall–Kier alpha value is -1.46. The number of aldehydes is 1. The highest BCUT2D eigenvalue weighted by Crippen LogP contribution is 2.28. The van der Waals surface area contributed by atoms with Crippen LogP contribution < -0.4 is 10.4 Å². The fourth-order valence-electron chi connectivity index (χ4n) is 3.36. The van der Waals surface area contributed by atoms with Crippen molar-refractivity contribution in [1.82, 2.24) is 0 Å². The molecule has 0 aliphatic rings. The molecule has 0 saturated heterocycles. The topological polar surface area (TPSA) is 17.1 Å². The van der Waals surface area contributed by atoms with Crippen LogP contribution in [0.5, 0.6) is 0 Å². The van der Waals surface area contributed by atoms with Gasteiger partial charge in [0.15, 0.2) is 0 Å². The SMILES string of the molecule is CC(C)(C)c1ccc(-c2ccc(C=O)cc2[Si](C)(C)C)c([Si](C)(C)C)c1. The van der Waals surface area contributed by atoms with Crippen molar-refractivity contribution in [2.75, 3.05) is 0 Å². The van der Waals surface area contributed by atoms with E-state index in [0.29, 0.717) is 0 Å². The first-order valence-electron chi connectivity index (χ1n) is 9.50. The van der Waals surface area contributed by atoms with Crippen molar-refractivity contribution in [1.29, 1.82) is 0 Å². The zero-order chi connectivity index (χ0) is 19.9. The van der Waals surface area contributed by atoms with Crippen molar-refractivity contribution >= 4 is 32.8 Å². The summed E-state index contributed by atoms with van der Waals surface area (Å²) in [5.41, 5.74) is 5.03. The van der Waals surface area contributed by atoms with Gasteiger partial charge >= 0.3 is 0 Å². The van der Waals surface area contributed by atoms with E-state index in [4.69, 9.17) is 0 Å². The second kappa shape index (κ2) is 6.93. The average molecular weight is 383 g/mol. The van der Waals surface area contributed by atoms with Gasteiger partial charge in [0.1, 0.15) is 6.29 Å². The van der Waals surface area contributed by atoms with Gasteiger partial charge in [0.25, 0.3) is 0 Å². The third kappa shape index (κ3) is 4.44. The summed E-state index contributed by atoms with van der Waals surface area (Å²) in [5, 5.41) is 2.90. The van der Waals surface area contributed by atoms with Crippen molar-refractivity contribution in [3.63, 3.8) is 0 Å². The predicted molar refractivity (Wildman–Crippen MR) is 122 cm³/mol. The lowest BCUT2D eigenvalue weighted by Gasteiger charge is -2.29. The van der Waals surface area contributed by atoms with Crippen LogP contribution in [0.15, 0.2) is 36.4 Å². The second-order valence-corrected chi connectivity index (χ2v) is 20.5. The Morgan fingerprint density at radius 3 is 1.62 bits per heavy atom. The minimum atomic E-state index is -1.58. The molecule has 0 saturated carbocycles. The van der Waals surface area contributed by atoms with Gasteiger partial charge in [-0.1, -0.05) is 107 Å². The number of hydrogen-bond donors (Lipinski definition) is 0. The number of carbonyl (C=O) groups excluding carboxylic acids is 1. The Labute approximate surface area is 161 Å². The van der Waals surface area contributed by atoms with Crippen LogP contribution in [0.25, 0.3) is 11.1 Å². The van der Waals surface area contributed by atoms with Gasteiger partial charge in [0.2, 0.25) is 0 Å². The Morgan fingerprint density at radius 2 is 1.19 bits per heavy atom. The smallest absolute Gasteiger partial charge is 0.150 e. The van der Waals surface area contributed by atoms with E-state index in [9.17, 15) is 4.79 Å². The van der Waals surface area contributed by atoms with Gasteiger partial charge in [-0.05, 0) is 22.1 Å². The predicted octanol–water partition coefficient (Wildman–Crippen LogP) is 5.55. The molecule has 0 aliphatic heterocycles. The molecule has 0 radical (unpaired) electrons. The molecule has 2 aromatic carbocycles. The molecule has 0 aromatic heterocycles. The molecule has 0 amide bonds. The molecule has 2 rings (SSSR count). The van der Waals surface area contributed by atoms with E-state index in [2.05, 4.69) is 90.4 Å². The zero-order valence-electron chi connectivity index (χ0n) is 17.9. The Kier molecular flexibility index (Phi) is 5.56. The molecule has 0 heterocycles. The average Bonchev–Trinajstić information content (AvgIpc) is 2.51. The third-order valence-corrected chi connectivity index (χ3v) is 9.03. The summed E-state index contributed by atoms with van der Waals surface area (Å²) in [6.07, 6.45) is 0.968. The standard InChI is InChI=1S/C23H34OSi2/c1-23(2,3)18-11-13-20(22(15-18)26(7,8)9)19-12-10-17(16-24)14-21(19)25(4,5)6/h10-16H,1-9H3. The van der Waals surface area contributed by atoms with E-state index in [0.717, 1.165) is 11.8 Å². The zero-order valence-corrected chi connectivity index (χ0v) is 19.9. The Morgan fingerprint density at radius 1 is 0.731 bits per heavy atom. The largest absolute Gasteiger partial charge is 0.298 e. The van der Waals surface area contributed by atoms with Crippen molar-refractivity contribution in [2.24, 2.45) is 0 Å². The van der Waals surface area contributed by atoms with Gasteiger partial charge < -0.3 is 0 Å². The van der Waals surface area contributed by atoms with E-state index in [1.54, 1.807) is 0 Å². The summed E-state index contributed by atoms with van der Waals surface area (Å²) in [7, 11) is -3.11. The van der Waals surface area contributed by atoms with Crippen LogP contribution in [0.4, 0.5) is 0 Å². The maximum absolute atomic E-state index is 11.3. The molecular formula is C23H34OSi2. The summed E-state index contributed by atoms with van der Waals surface area (Å²) in [6.45, 7) is 21.2. The summed E-state index contributed by atoms with van der Waals surface area (Å²) in [5.74, 6) is 0. The monoisotopic (exact) mass is 382 g/mol. The highest BCUT2D eigenvalue weighted by Gasteiger charge is 2.27. The Balaban J connectivity index is 2.82. The third-order valence-electron chi connectivity index (χ3n) is 4.97. The minimum absolute atomic E-state index is 0.149. The summed E-state index contributed by atoms with van der Waals surface area (Å²) < 4.78 is 0. The van der Waals surface area contributed by atoms with Gasteiger partial charge in [-0.3, -0.25) is 4.79 Å². The van der Waals surface area contributed by atoms with Crippen LogP contribution >= 0.6 is 0 Å². The maximum Gasteiger partial charge on any atom is 0.150 e. The quantitative estimate of drug-likeness (QED) is 0.500. The van der Waals surface area contributed by atoms with Crippen molar-refractivity contribution in [3.8, 4) is 11.1 Å². The number of benzene rings is 2. The molecular weight excluding hydrogens is 348 g/mol. The molecule has 0 spiro atoms. The van der Waals surface area contributed by atoms with Gasteiger partial charge in [-0.2, -0.15) is 0 Å². The first-order valence-corrected chi connectivity index (χ1v) is 16.5. The number of rotatable bonds is 4. The maximum atomic E-state index is 11.3. The Bertz CT molecular complexity index is 816. The van der Waals surface area contributed by atoms with E-state index >= 15 is 0 Å². The summed E-state index contributed by atoms with van der Waals surface area (Å²) in [4.78, 5) is 11.3. The van der Waals surface area contributed by atoms with Gasteiger partial charge in [-0.15, -0.1) is 0 Å². The van der Waals surface area contributed by atoms with Gasteiger partial charge in [0, 0.05) is 5.56 Å². The van der Waals surface area contributed by atoms with Crippen LogP contribution in [0.1, 0.15) is 36.7 Å². The van der Waals surface area contributed by atoms with E-state index in [1.165, 1.54) is 27.1 Å². The normalized spacial score (nSPS) is 13.0. The first kappa shape index (κ1) is 20.9. The fraction of sp³-hybridized carbons (Fsp3) is 0.435. The second-order valence-electron chi connectivity index (χ2n) is 10.4. The molecule has 0 N–H and O–H groups in total. The van der Waals surface area contributed by atoms with Gasteiger partial charge in [-0.25, -0.2) is 0 Å². The number of hydrogen-bond acceptors (Lipinski definition) is 1. The first-order chi connectivity index (χ1) is 11.7. The molecule has 1 nitrogen and oxygen atoms in total. The van der Waals surface area contributed by atoms with Crippen LogP contribution in [-0.4, -0.2) is 22.4 Å². The lowest BCUT2D eigenvalue weighted by atomic mass is 9.86. The molecule has 2 aromatic rings. The van der Waals surface area contributed by atoms with Crippen LogP contribution in [0.2, 0.25) is 39.3 Å². The molecule has 140 valence electrons. The number of carbonyl (C=O) groups is 1. The molecule has 0 bridgehead atoms. The summed E-state index contributed by atoms with van der Waals surface area (Å²) in [6, 6.07) is 13.3. The van der Waals surface area contributed by atoms with E-state index < -0.39 is 16.1 Å². The molecule has 0 unspecified atom stereocenters. The van der Waals surface area contributed by atoms with Crippen LogP contribution in [0.3, 0.4) is 0 Å². The highest BCUT2D eigenvalue weighted by molar-refractivity contribution is 6.91. The van der Waals surface area contributed by atoms with Crippen molar-refractivity contribution < 1.29 is 4.79 Å². The lowest BCUT2D eigenvalue weighted by molar-refractivity contribution is 0.112. The van der Waals surface area contributed by atoms with Crippen LogP contribution in [-0.2, 0) is 5.41 Å². The summed E-state index contributed by atoms with van der Waals surface area (Å²) >= 11 is 0. The lowest BCUT2D eigenvalue weighted by Crippen LogP contribution is -2.43. The van der Waals surface area contributed by atoms with Crippen molar-refractivity contribution in [3.05, 3.63) is 47.5 Å². The van der Waals surface area contributed by atoms with Gasteiger partial charge in [0.05, 0.1) is 16.1 Å². The van der Waals surface area contributed by atoms with E-state index in [1.807, 2.05) is 6.07 Å². The molecule has 26 heavy (non-hydrogen) atoms.